The molecular weight excluding hydrogens is 284 g/mol. The van der Waals surface area contributed by atoms with Crippen molar-refractivity contribution in [2.75, 3.05) is 0 Å². The van der Waals surface area contributed by atoms with Gasteiger partial charge in [-0.05, 0) is 43.3 Å². The van der Waals surface area contributed by atoms with Crippen LogP contribution in [0.25, 0.3) is 11.4 Å². The zero-order chi connectivity index (χ0) is 15.5. The average Bonchev–Trinajstić information content (AvgIpc) is 2.96. The molecule has 0 aliphatic heterocycles. The molecule has 0 atom stereocenters. The van der Waals surface area contributed by atoms with Gasteiger partial charge in [0.15, 0.2) is 11.6 Å². The van der Waals surface area contributed by atoms with Crippen LogP contribution < -0.4 is 4.74 Å². The third kappa shape index (κ3) is 2.95. The van der Waals surface area contributed by atoms with E-state index in [2.05, 4.69) is 9.97 Å². The van der Waals surface area contributed by atoms with Gasteiger partial charge >= 0.3 is 5.97 Å². The summed E-state index contributed by atoms with van der Waals surface area (Å²) in [7, 11) is 0. The summed E-state index contributed by atoms with van der Waals surface area (Å²) in [5.74, 6) is 1.11. The van der Waals surface area contributed by atoms with E-state index in [1.54, 1.807) is 43.3 Å². The molecule has 1 aromatic carbocycles. The minimum absolute atomic E-state index is 0.00282. The van der Waals surface area contributed by atoms with Gasteiger partial charge in [0.2, 0.25) is 5.76 Å². The number of esters is 1. The van der Waals surface area contributed by atoms with E-state index in [0.717, 1.165) is 5.56 Å². The lowest BCUT2D eigenvalue weighted by Crippen LogP contribution is -2.07. The van der Waals surface area contributed by atoms with Crippen molar-refractivity contribution in [3.63, 3.8) is 0 Å². The molecule has 0 amide bonds. The number of carbonyl (C=O) groups is 1. The molecule has 0 bridgehead atoms. The topological polar surface area (TPSA) is 85.5 Å². The Labute approximate surface area is 126 Å². The van der Waals surface area contributed by atoms with Crippen molar-refractivity contribution in [1.82, 2.24) is 9.97 Å². The first kappa shape index (κ1) is 13.8. The van der Waals surface area contributed by atoms with Crippen molar-refractivity contribution in [2.24, 2.45) is 0 Å². The number of furan rings is 1. The van der Waals surface area contributed by atoms with Gasteiger partial charge in [0.1, 0.15) is 11.5 Å². The van der Waals surface area contributed by atoms with E-state index in [-0.39, 0.29) is 11.5 Å². The van der Waals surface area contributed by atoms with Gasteiger partial charge in [-0.25, -0.2) is 14.8 Å². The molecule has 0 radical (unpaired) electrons. The molecule has 1 N–H and O–H groups in total. The maximum atomic E-state index is 11.9. The van der Waals surface area contributed by atoms with E-state index in [9.17, 15) is 4.79 Å². The molecule has 0 saturated heterocycles. The summed E-state index contributed by atoms with van der Waals surface area (Å²) in [4.78, 5) is 19.9. The molecule has 6 nitrogen and oxygen atoms in total. The minimum Gasteiger partial charge on any atom is -0.505 e. The highest BCUT2D eigenvalue weighted by atomic mass is 16.5. The lowest BCUT2D eigenvalue weighted by atomic mass is 10.2. The molecule has 110 valence electrons. The quantitative estimate of drug-likeness (QED) is 0.590. The SMILES string of the molecule is Cc1ccc(C(=O)Oc2ccc(-c3ncc(O)cn3)cc2)o1. The molecule has 2 aromatic heterocycles. The number of nitrogens with zero attached hydrogens (tertiary/aromatic N) is 2. The van der Waals surface area contributed by atoms with Crippen LogP contribution in [-0.4, -0.2) is 21.0 Å². The molecule has 2 heterocycles. The fourth-order valence-electron chi connectivity index (χ4n) is 1.84. The van der Waals surface area contributed by atoms with Crippen LogP contribution in [0.4, 0.5) is 0 Å². The number of hydrogen-bond acceptors (Lipinski definition) is 6. The first-order chi connectivity index (χ1) is 10.6. The minimum atomic E-state index is -0.554. The smallest absolute Gasteiger partial charge is 0.379 e. The fraction of sp³-hybridized carbons (Fsp3) is 0.0625. The Kier molecular flexibility index (Phi) is 3.57. The van der Waals surface area contributed by atoms with E-state index in [4.69, 9.17) is 14.3 Å². The molecule has 0 unspecified atom stereocenters. The van der Waals surface area contributed by atoms with Crippen LogP contribution in [0.15, 0.2) is 53.2 Å². The van der Waals surface area contributed by atoms with Gasteiger partial charge in [0.25, 0.3) is 0 Å². The van der Waals surface area contributed by atoms with Crippen molar-refractivity contribution in [3.05, 3.63) is 60.3 Å². The van der Waals surface area contributed by atoms with Crippen molar-refractivity contribution >= 4 is 5.97 Å². The van der Waals surface area contributed by atoms with Crippen LogP contribution >= 0.6 is 0 Å². The van der Waals surface area contributed by atoms with Crippen LogP contribution in [0.2, 0.25) is 0 Å². The summed E-state index contributed by atoms with van der Waals surface area (Å²) in [5, 5.41) is 9.17. The molecule has 0 aliphatic rings. The predicted octanol–water partition coefficient (Wildman–Crippen LogP) is 2.97. The van der Waals surface area contributed by atoms with E-state index in [0.29, 0.717) is 17.3 Å². The highest BCUT2D eigenvalue weighted by Gasteiger charge is 2.12. The summed E-state index contributed by atoms with van der Waals surface area (Å²) in [6.45, 7) is 1.75. The molecule has 3 rings (SSSR count). The molecule has 3 aromatic rings. The Morgan fingerprint density at radius 2 is 1.77 bits per heavy atom. The second kappa shape index (κ2) is 5.69. The first-order valence-electron chi connectivity index (χ1n) is 6.52. The van der Waals surface area contributed by atoms with Crippen LogP contribution in [0, 0.1) is 6.92 Å². The zero-order valence-corrected chi connectivity index (χ0v) is 11.7. The Morgan fingerprint density at radius 1 is 1.09 bits per heavy atom. The maximum Gasteiger partial charge on any atom is 0.379 e. The van der Waals surface area contributed by atoms with E-state index in [1.807, 2.05) is 0 Å². The Balaban J connectivity index is 1.74. The second-order valence-corrected chi connectivity index (χ2v) is 4.59. The van der Waals surface area contributed by atoms with Crippen molar-refractivity contribution in [2.45, 2.75) is 6.92 Å². The van der Waals surface area contributed by atoms with Gasteiger partial charge in [0, 0.05) is 5.56 Å². The van der Waals surface area contributed by atoms with Gasteiger partial charge in [-0.2, -0.15) is 0 Å². The summed E-state index contributed by atoms with van der Waals surface area (Å²) in [6.07, 6.45) is 2.63. The monoisotopic (exact) mass is 296 g/mol. The van der Waals surface area contributed by atoms with Crippen LogP contribution in [-0.2, 0) is 0 Å². The number of aromatic hydroxyl groups is 1. The number of ether oxygens (including phenoxy) is 1. The fourth-order valence-corrected chi connectivity index (χ4v) is 1.84. The standard InChI is InChI=1S/C16H12N2O4/c1-10-2-7-14(21-10)16(20)22-13-5-3-11(4-6-13)15-17-8-12(19)9-18-15/h2-9,19H,1H3. The summed E-state index contributed by atoms with van der Waals surface area (Å²) in [6, 6.07) is 9.99. The Bertz CT molecular complexity index is 792. The van der Waals surface area contributed by atoms with Gasteiger partial charge < -0.3 is 14.3 Å². The van der Waals surface area contributed by atoms with Crippen LogP contribution in [0.1, 0.15) is 16.3 Å². The highest BCUT2D eigenvalue weighted by Crippen LogP contribution is 2.21. The van der Waals surface area contributed by atoms with E-state index < -0.39 is 5.97 Å². The summed E-state index contributed by atoms with van der Waals surface area (Å²) >= 11 is 0. The van der Waals surface area contributed by atoms with Crippen molar-refractivity contribution in [1.29, 1.82) is 0 Å². The van der Waals surface area contributed by atoms with Gasteiger partial charge in [-0.3, -0.25) is 0 Å². The summed E-state index contributed by atoms with van der Waals surface area (Å²) < 4.78 is 10.4. The largest absolute Gasteiger partial charge is 0.505 e. The van der Waals surface area contributed by atoms with Gasteiger partial charge in [0.05, 0.1) is 12.4 Å². The normalized spacial score (nSPS) is 10.4. The van der Waals surface area contributed by atoms with Crippen molar-refractivity contribution < 1.29 is 19.1 Å². The predicted molar refractivity (Wildman–Crippen MR) is 77.5 cm³/mol. The van der Waals surface area contributed by atoms with Crippen LogP contribution in [0.5, 0.6) is 11.5 Å². The lowest BCUT2D eigenvalue weighted by Gasteiger charge is -2.04. The Hall–Kier alpha value is -3.15. The number of rotatable bonds is 3. The van der Waals surface area contributed by atoms with E-state index >= 15 is 0 Å². The van der Waals surface area contributed by atoms with Crippen molar-refractivity contribution in [3.8, 4) is 22.9 Å². The molecule has 0 saturated carbocycles. The van der Waals surface area contributed by atoms with Crippen LogP contribution in [0.3, 0.4) is 0 Å². The molecule has 22 heavy (non-hydrogen) atoms. The molecular formula is C16H12N2O4. The van der Waals surface area contributed by atoms with Gasteiger partial charge in [-0.15, -0.1) is 0 Å². The number of aromatic nitrogens is 2. The number of hydrogen-bond donors (Lipinski definition) is 1. The zero-order valence-electron chi connectivity index (χ0n) is 11.7. The molecule has 0 spiro atoms. The molecule has 6 heteroatoms. The Morgan fingerprint density at radius 3 is 2.36 bits per heavy atom. The third-order valence-electron chi connectivity index (χ3n) is 2.90. The first-order valence-corrected chi connectivity index (χ1v) is 6.52. The summed E-state index contributed by atoms with van der Waals surface area (Å²) in [5.41, 5.74) is 0.744. The molecule has 0 aliphatic carbocycles. The maximum absolute atomic E-state index is 11.9. The average molecular weight is 296 g/mol. The van der Waals surface area contributed by atoms with Gasteiger partial charge in [-0.1, -0.05) is 0 Å². The lowest BCUT2D eigenvalue weighted by molar-refractivity contribution is 0.0700. The second-order valence-electron chi connectivity index (χ2n) is 4.59. The van der Waals surface area contributed by atoms with E-state index in [1.165, 1.54) is 12.4 Å². The number of carbonyl (C=O) groups excluding carboxylic acids is 1. The molecule has 0 fully saturated rings. The number of benzene rings is 1. The highest BCUT2D eigenvalue weighted by molar-refractivity contribution is 5.88. The number of aryl methyl sites for hydroxylation is 1. The third-order valence-corrected chi connectivity index (χ3v) is 2.90.